The maximum Gasteiger partial charge on any atom is 0.229 e. The van der Waals surface area contributed by atoms with E-state index in [-0.39, 0.29) is 0 Å². The highest BCUT2D eigenvalue weighted by molar-refractivity contribution is 14.1. The van der Waals surface area contributed by atoms with Gasteiger partial charge in [0, 0.05) is 58.0 Å². The quantitative estimate of drug-likeness (QED) is 0.327. The van der Waals surface area contributed by atoms with Gasteiger partial charge in [0.25, 0.3) is 0 Å². The number of aryl methyl sites for hydroxylation is 1. The second-order valence-electron chi connectivity index (χ2n) is 7.28. The minimum Gasteiger partial charge on any atom is -0.496 e. The number of aromatic nitrogens is 2. The summed E-state index contributed by atoms with van der Waals surface area (Å²) >= 11 is 2.33. The zero-order chi connectivity index (χ0) is 21.6. The Balaban J connectivity index is 1.47. The first-order chi connectivity index (χ1) is 15.2. The largest absolute Gasteiger partial charge is 0.496 e. The molecule has 2 heterocycles. The molecule has 1 aliphatic rings. The molecule has 0 saturated carbocycles. The van der Waals surface area contributed by atoms with Crippen molar-refractivity contribution in [2.75, 3.05) is 48.9 Å². The Hall–Kier alpha value is -2.59. The Morgan fingerprint density at radius 1 is 1.06 bits per heavy atom. The van der Waals surface area contributed by atoms with Gasteiger partial charge in [-0.15, -0.1) is 0 Å². The van der Waals surface area contributed by atoms with E-state index in [9.17, 15) is 0 Å². The monoisotopic (exact) mass is 531 g/mol. The fraction of sp³-hybridized carbons (Fsp3) is 0.304. The molecule has 0 atom stereocenters. The van der Waals surface area contributed by atoms with Gasteiger partial charge >= 0.3 is 0 Å². The summed E-state index contributed by atoms with van der Waals surface area (Å²) in [5.41, 5.74) is 5.19. The summed E-state index contributed by atoms with van der Waals surface area (Å²) < 4.78 is 11.8. The van der Waals surface area contributed by atoms with Crippen LogP contribution in [-0.2, 0) is 9.16 Å². The molecule has 3 aromatic rings. The first-order valence-corrected chi connectivity index (χ1v) is 11.7. The number of nitrogens with one attached hydrogen (secondary N) is 2. The van der Waals surface area contributed by atoms with Crippen molar-refractivity contribution in [2.45, 2.75) is 11.4 Å². The SMILES string of the molecule is COc1cc(Nc2nc(Nc3ccc(N4CCOCC4)cc3)ncc2C)ccc1CI. The maximum absolute atomic E-state index is 5.50. The van der Waals surface area contributed by atoms with Crippen LogP contribution in [0.25, 0.3) is 0 Å². The highest BCUT2D eigenvalue weighted by atomic mass is 127. The highest BCUT2D eigenvalue weighted by Crippen LogP contribution is 2.28. The smallest absolute Gasteiger partial charge is 0.229 e. The summed E-state index contributed by atoms with van der Waals surface area (Å²) in [5, 5.41) is 6.68. The van der Waals surface area contributed by atoms with E-state index in [0.717, 1.165) is 64.8 Å². The molecule has 1 aromatic heterocycles. The Labute approximate surface area is 196 Å². The molecule has 2 N–H and O–H groups in total. The molecule has 0 spiro atoms. The Morgan fingerprint density at radius 2 is 1.81 bits per heavy atom. The van der Waals surface area contributed by atoms with Crippen molar-refractivity contribution >= 4 is 51.4 Å². The number of hydrogen-bond acceptors (Lipinski definition) is 7. The average Bonchev–Trinajstić information content (AvgIpc) is 2.82. The second kappa shape index (κ2) is 10.1. The number of ether oxygens (including phenoxy) is 2. The van der Waals surface area contributed by atoms with E-state index < -0.39 is 0 Å². The molecule has 0 radical (unpaired) electrons. The molecule has 1 aliphatic heterocycles. The van der Waals surface area contributed by atoms with Crippen LogP contribution >= 0.6 is 22.6 Å². The fourth-order valence-electron chi connectivity index (χ4n) is 3.40. The third-order valence-electron chi connectivity index (χ3n) is 5.17. The van der Waals surface area contributed by atoms with Crippen LogP contribution in [0, 0.1) is 6.92 Å². The minimum atomic E-state index is 0.545. The summed E-state index contributed by atoms with van der Waals surface area (Å²) in [5.74, 6) is 2.17. The van der Waals surface area contributed by atoms with Crippen molar-refractivity contribution in [2.24, 2.45) is 0 Å². The number of methoxy groups -OCH3 is 1. The van der Waals surface area contributed by atoms with E-state index >= 15 is 0 Å². The van der Waals surface area contributed by atoms with Crippen LogP contribution < -0.4 is 20.3 Å². The minimum absolute atomic E-state index is 0.545. The van der Waals surface area contributed by atoms with Gasteiger partial charge < -0.3 is 25.0 Å². The third kappa shape index (κ3) is 5.37. The maximum atomic E-state index is 5.50. The molecule has 4 rings (SSSR count). The van der Waals surface area contributed by atoms with E-state index in [4.69, 9.17) is 9.47 Å². The molecule has 31 heavy (non-hydrogen) atoms. The van der Waals surface area contributed by atoms with Gasteiger partial charge in [-0.05, 0) is 37.3 Å². The molecule has 0 unspecified atom stereocenters. The molecule has 0 bridgehead atoms. The number of anilines is 5. The lowest BCUT2D eigenvalue weighted by Gasteiger charge is -2.28. The molecule has 1 fully saturated rings. The van der Waals surface area contributed by atoms with Gasteiger partial charge in [0.15, 0.2) is 0 Å². The normalized spacial score (nSPS) is 13.7. The van der Waals surface area contributed by atoms with Crippen molar-refractivity contribution < 1.29 is 9.47 Å². The molecule has 7 nitrogen and oxygen atoms in total. The molecule has 0 aliphatic carbocycles. The molecule has 0 amide bonds. The van der Waals surface area contributed by atoms with E-state index in [1.807, 2.05) is 25.3 Å². The lowest BCUT2D eigenvalue weighted by Crippen LogP contribution is -2.36. The standard InChI is InChI=1S/C23H26IN5O2/c1-16-15-25-23(27-18-5-7-20(8-6-18)29-9-11-31-12-10-29)28-22(16)26-19-4-3-17(14-24)21(13-19)30-2/h3-8,13,15H,9-12,14H2,1-2H3,(H2,25,26,27,28). The van der Waals surface area contributed by atoms with Crippen LogP contribution in [0.5, 0.6) is 5.75 Å². The number of benzene rings is 2. The number of rotatable bonds is 7. The summed E-state index contributed by atoms with van der Waals surface area (Å²) in [7, 11) is 1.69. The van der Waals surface area contributed by atoms with Gasteiger partial charge in [0.05, 0.1) is 20.3 Å². The number of alkyl halides is 1. The number of morpholine rings is 1. The van der Waals surface area contributed by atoms with Gasteiger partial charge in [0.1, 0.15) is 11.6 Å². The topological polar surface area (TPSA) is 71.5 Å². The fourth-order valence-corrected chi connectivity index (χ4v) is 4.03. The molecule has 162 valence electrons. The second-order valence-corrected chi connectivity index (χ2v) is 8.04. The van der Waals surface area contributed by atoms with E-state index in [0.29, 0.717) is 5.95 Å². The summed E-state index contributed by atoms with van der Waals surface area (Å²) in [6, 6.07) is 14.4. The Bertz CT molecular complexity index is 1020. The predicted molar refractivity (Wildman–Crippen MR) is 134 cm³/mol. The van der Waals surface area contributed by atoms with Gasteiger partial charge in [-0.2, -0.15) is 4.98 Å². The van der Waals surface area contributed by atoms with Crippen molar-refractivity contribution in [3.05, 3.63) is 59.8 Å². The highest BCUT2D eigenvalue weighted by Gasteiger charge is 2.11. The molecular formula is C23H26IN5O2. The molecule has 2 aromatic carbocycles. The van der Waals surface area contributed by atoms with Crippen LogP contribution in [0.4, 0.5) is 28.8 Å². The first kappa shape index (κ1) is 21.6. The van der Waals surface area contributed by atoms with Crippen LogP contribution in [0.2, 0.25) is 0 Å². The van der Waals surface area contributed by atoms with Crippen molar-refractivity contribution in [3.8, 4) is 5.75 Å². The van der Waals surface area contributed by atoms with Crippen LogP contribution in [0.3, 0.4) is 0 Å². The van der Waals surface area contributed by atoms with Crippen molar-refractivity contribution in [3.63, 3.8) is 0 Å². The zero-order valence-electron chi connectivity index (χ0n) is 17.7. The van der Waals surface area contributed by atoms with Crippen molar-refractivity contribution in [1.29, 1.82) is 0 Å². The van der Waals surface area contributed by atoms with Gasteiger partial charge in [-0.25, -0.2) is 4.98 Å². The molecular weight excluding hydrogens is 505 g/mol. The van der Waals surface area contributed by atoms with Gasteiger partial charge in [-0.1, -0.05) is 28.7 Å². The third-order valence-corrected chi connectivity index (χ3v) is 5.99. The Morgan fingerprint density at radius 3 is 2.52 bits per heavy atom. The number of halogens is 1. The summed E-state index contributed by atoms with van der Waals surface area (Å²) in [6.07, 6.45) is 1.82. The first-order valence-electron chi connectivity index (χ1n) is 10.2. The van der Waals surface area contributed by atoms with Crippen LogP contribution in [0.15, 0.2) is 48.7 Å². The number of hydrogen-bond donors (Lipinski definition) is 2. The van der Waals surface area contributed by atoms with Gasteiger partial charge in [-0.3, -0.25) is 0 Å². The lowest BCUT2D eigenvalue weighted by atomic mass is 10.2. The lowest BCUT2D eigenvalue weighted by molar-refractivity contribution is 0.122. The summed E-state index contributed by atoms with van der Waals surface area (Å²) in [4.78, 5) is 11.4. The van der Waals surface area contributed by atoms with Gasteiger partial charge in [0.2, 0.25) is 5.95 Å². The van der Waals surface area contributed by atoms with Crippen LogP contribution in [0.1, 0.15) is 11.1 Å². The van der Waals surface area contributed by atoms with Crippen LogP contribution in [-0.4, -0.2) is 43.4 Å². The van der Waals surface area contributed by atoms with E-state index in [2.05, 4.69) is 78.4 Å². The number of nitrogens with zero attached hydrogens (tertiary/aromatic N) is 3. The van der Waals surface area contributed by atoms with E-state index in [1.54, 1.807) is 7.11 Å². The summed E-state index contributed by atoms with van der Waals surface area (Å²) in [6.45, 7) is 5.39. The average molecular weight is 531 g/mol. The van der Waals surface area contributed by atoms with E-state index in [1.165, 1.54) is 5.69 Å². The molecule has 8 heteroatoms. The predicted octanol–water partition coefficient (Wildman–Crippen LogP) is 5.05. The Kier molecular flexibility index (Phi) is 7.08. The molecule has 1 saturated heterocycles. The van der Waals surface area contributed by atoms with Crippen molar-refractivity contribution in [1.82, 2.24) is 9.97 Å². The zero-order valence-corrected chi connectivity index (χ0v) is 19.8.